The summed E-state index contributed by atoms with van der Waals surface area (Å²) >= 11 is 0. The lowest BCUT2D eigenvalue weighted by Crippen LogP contribution is -2.29. The molecule has 0 aliphatic rings. The largest absolute Gasteiger partial charge is 0.496 e. The van der Waals surface area contributed by atoms with Crippen LogP contribution >= 0.6 is 0 Å². The fourth-order valence-electron chi connectivity index (χ4n) is 2.79. The standard InChI is InChI=1S/C20H19NO4S/c1-25-19-12-11-18(16-9-5-6-10-17(16)19)20(22)21-13-14-26(23,24)15-7-3-2-4-8-15/h2-12H,13-14H2,1H3,(H,21,22). The smallest absolute Gasteiger partial charge is 0.251 e. The number of hydrogen-bond acceptors (Lipinski definition) is 4. The summed E-state index contributed by atoms with van der Waals surface area (Å²) in [6.45, 7) is 0.0381. The van der Waals surface area contributed by atoms with Crippen LogP contribution in [-0.2, 0) is 9.84 Å². The number of rotatable bonds is 6. The number of methoxy groups -OCH3 is 1. The lowest BCUT2D eigenvalue weighted by molar-refractivity contribution is 0.0958. The average Bonchev–Trinajstić information content (AvgIpc) is 2.67. The Morgan fingerprint density at radius 3 is 2.27 bits per heavy atom. The Morgan fingerprint density at radius 1 is 0.923 bits per heavy atom. The lowest BCUT2D eigenvalue weighted by atomic mass is 10.0. The van der Waals surface area contributed by atoms with E-state index in [-0.39, 0.29) is 23.1 Å². The molecule has 0 heterocycles. The Balaban J connectivity index is 1.74. The molecule has 3 aromatic carbocycles. The van der Waals surface area contributed by atoms with Gasteiger partial charge in [0.1, 0.15) is 5.75 Å². The van der Waals surface area contributed by atoms with Crippen molar-refractivity contribution in [3.63, 3.8) is 0 Å². The van der Waals surface area contributed by atoms with Gasteiger partial charge in [0.25, 0.3) is 5.91 Å². The van der Waals surface area contributed by atoms with Gasteiger partial charge in [-0.05, 0) is 29.7 Å². The maximum Gasteiger partial charge on any atom is 0.251 e. The first-order valence-electron chi connectivity index (χ1n) is 8.14. The second-order valence-corrected chi connectivity index (χ2v) is 7.86. The van der Waals surface area contributed by atoms with Crippen LogP contribution in [0.1, 0.15) is 10.4 Å². The summed E-state index contributed by atoms with van der Waals surface area (Å²) < 4.78 is 29.9. The Hall–Kier alpha value is -2.86. The Kier molecular flexibility index (Phi) is 5.23. The van der Waals surface area contributed by atoms with Crippen molar-refractivity contribution in [3.8, 4) is 5.75 Å². The van der Waals surface area contributed by atoms with Gasteiger partial charge in [-0.15, -0.1) is 0 Å². The minimum absolute atomic E-state index is 0.0381. The first kappa shape index (κ1) is 17.9. The van der Waals surface area contributed by atoms with E-state index < -0.39 is 9.84 Å². The summed E-state index contributed by atoms with van der Waals surface area (Å²) in [4.78, 5) is 12.8. The molecule has 1 N–H and O–H groups in total. The minimum Gasteiger partial charge on any atom is -0.496 e. The van der Waals surface area contributed by atoms with Gasteiger partial charge in [-0.3, -0.25) is 4.79 Å². The first-order valence-corrected chi connectivity index (χ1v) is 9.80. The Bertz CT molecular complexity index is 1030. The van der Waals surface area contributed by atoms with Crippen molar-refractivity contribution >= 4 is 26.5 Å². The van der Waals surface area contributed by atoms with Crippen molar-refractivity contribution in [2.45, 2.75) is 4.90 Å². The molecule has 0 atom stereocenters. The summed E-state index contributed by atoms with van der Waals surface area (Å²) in [7, 11) is -1.85. The van der Waals surface area contributed by atoms with E-state index in [0.29, 0.717) is 11.3 Å². The van der Waals surface area contributed by atoms with E-state index >= 15 is 0 Å². The second kappa shape index (κ2) is 7.58. The van der Waals surface area contributed by atoms with Crippen LogP contribution in [0, 0.1) is 0 Å². The molecular formula is C20H19NO4S. The number of amides is 1. The van der Waals surface area contributed by atoms with Gasteiger partial charge >= 0.3 is 0 Å². The highest BCUT2D eigenvalue weighted by atomic mass is 32.2. The van der Waals surface area contributed by atoms with E-state index in [2.05, 4.69) is 5.32 Å². The first-order chi connectivity index (χ1) is 12.5. The van der Waals surface area contributed by atoms with Crippen LogP contribution in [0.4, 0.5) is 0 Å². The predicted molar refractivity (Wildman–Crippen MR) is 101 cm³/mol. The number of hydrogen-bond donors (Lipinski definition) is 1. The molecule has 0 unspecified atom stereocenters. The molecule has 0 aliphatic carbocycles. The zero-order chi connectivity index (χ0) is 18.6. The number of carbonyl (C=O) groups is 1. The molecule has 0 aliphatic heterocycles. The van der Waals surface area contributed by atoms with Crippen molar-refractivity contribution in [2.75, 3.05) is 19.4 Å². The summed E-state index contributed by atoms with van der Waals surface area (Å²) in [6.07, 6.45) is 0. The third-order valence-electron chi connectivity index (χ3n) is 4.11. The lowest BCUT2D eigenvalue weighted by Gasteiger charge is -2.11. The third kappa shape index (κ3) is 3.70. The number of benzene rings is 3. The van der Waals surface area contributed by atoms with Gasteiger partial charge in [-0.1, -0.05) is 42.5 Å². The molecule has 0 bridgehead atoms. The number of nitrogens with one attached hydrogen (secondary N) is 1. The van der Waals surface area contributed by atoms with E-state index in [1.54, 1.807) is 49.6 Å². The maximum atomic E-state index is 12.5. The highest BCUT2D eigenvalue weighted by Gasteiger charge is 2.16. The van der Waals surface area contributed by atoms with Gasteiger partial charge in [-0.25, -0.2) is 8.42 Å². The number of fused-ring (bicyclic) bond motifs is 1. The van der Waals surface area contributed by atoms with Gasteiger partial charge in [0, 0.05) is 17.5 Å². The Morgan fingerprint density at radius 2 is 1.58 bits per heavy atom. The number of ether oxygens (including phenoxy) is 1. The summed E-state index contributed by atoms with van der Waals surface area (Å²) in [6, 6.07) is 19.1. The van der Waals surface area contributed by atoms with Gasteiger partial charge in [0.05, 0.1) is 17.8 Å². The molecule has 3 rings (SSSR count). The van der Waals surface area contributed by atoms with Crippen molar-refractivity contribution in [1.82, 2.24) is 5.32 Å². The van der Waals surface area contributed by atoms with E-state index in [1.165, 1.54) is 0 Å². The average molecular weight is 369 g/mol. The second-order valence-electron chi connectivity index (χ2n) is 5.75. The molecule has 0 radical (unpaired) electrons. The Labute approximate surface area is 152 Å². The van der Waals surface area contributed by atoms with Crippen LogP contribution in [-0.4, -0.2) is 33.7 Å². The van der Waals surface area contributed by atoms with Gasteiger partial charge in [-0.2, -0.15) is 0 Å². The highest BCUT2D eigenvalue weighted by Crippen LogP contribution is 2.28. The highest BCUT2D eigenvalue weighted by molar-refractivity contribution is 7.91. The molecular weight excluding hydrogens is 350 g/mol. The van der Waals surface area contributed by atoms with E-state index in [4.69, 9.17) is 4.74 Å². The fraction of sp³-hybridized carbons (Fsp3) is 0.150. The van der Waals surface area contributed by atoms with Crippen molar-refractivity contribution in [2.24, 2.45) is 0 Å². The van der Waals surface area contributed by atoms with Crippen LogP contribution in [0.2, 0.25) is 0 Å². The summed E-state index contributed by atoms with van der Waals surface area (Å²) in [5.74, 6) is 0.215. The zero-order valence-corrected chi connectivity index (χ0v) is 15.1. The fourth-order valence-corrected chi connectivity index (χ4v) is 3.97. The van der Waals surface area contributed by atoms with E-state index in [9.17, 15) is 13.2 Å². The number of sulfone groups is 1. The van der Waals surface area contributed by atoms with Crippen LogP contribution < -0.4 is 10.1 Å². The SMILES string of the molecule is COc1ccc(C(=O)NCCS(=O)(=O)c2ccccc2)c2ccccc12. The van der Waals surface area contributed by atoms with Gasteiger partial charge in [0.15, 0.2) is 9.84 Å². The normalized spacial score (nSPS) is 11.3. The molecule has 0 aromatic heterocycles. The molecule has 0 saturated carbocycles. The maximum absolute atomic E-state index is 12.5. The van der Waals surface area contributed by atoms with Crippen LogP contribution in [0.5, 0.6) is 5.75 Å². The third-order valence-corrected chi connectivity index (χ3v) is 5.84. The molecule has 1 amide bonds. The van der Waals surface area contributed by atoms with Crippen LogP contribution in [0.15, 0.2) is 71.6 Å². The number of carbonyl (C=O) groups excluding carboxylic acids is 1. The summed E-state index contributed by atoms with van der Waals surface area (Å²) in [5.41, 5.74) is 0.485. The topological polar surface area (TPSA) is 72.5 Å². The van der Waals surface area contributed by atoms with E-state index in [1.807, 2.05) is 24.3 Å². The van der Waals surface area contributed by atoms with Crippen molar-refractivity contribution in [3.05, 3.63) is 72.3 Å². The van der Waals surface area contributed by atoms with Crippen molar-refractivity contribution in [1.29, 1.82) is 0 Å². The minimum atomic E-state index is -3.43. The quantitative estimate of drug-likeness (QED) is 0.725. The predicted octanol–water partition coefficient (Wildman–Crippen LogP) is 3.05. The molecule has 134 valence electrons. The van der Waals surface area contributed by atoms with Crippen molar-refractivity contribution < 1.29 is 17.9 Å². The molecule has 0 saturated heterocycles. The molecule has 0 spiro atoms. The molecule has 0 fully saturated rings. The van der Waals surface area contributed by atoms with Gasteiger partial charge < -0.3 is 10.1 Å². The zero-order valence-electron chi connectivity index (χ0n) is 14.3. The molecule has 5 nitrogen and oxygen atoms in total. The van der Waals surface area contributed by atoms with Gasteiger partial charge in [0.2, 0.25) is 0 Å². The molecule has 26 heavy (non-hydrogen) atoms. The molecule has 3 aromatic rings. The van der Waals surface area contributed by atoms with E-state index in [0.717, 1.165) is 10.8 Å². The summed E-state index contributed by atoms with van der Waals surface area (Å²) in [5, 5.41) is 4.29. The van der Waals surface area contributed by atoms with Crippen LogP contribution in [0.3, 0.4) is 0 Å². The van der Waals surface area contributed by atoms with Crippen LogP contribution in [0.25, 0.3) is 10.8 Å². The monoisotopic (exact) mass is 369 g/mol. The molecule has 6 heteroatoms.